The van der Waals surface area contributed by atoms with Crippen molar-refractivity contribution in [3.8, 4) is 0 Å². The van der Waals surface area contributed by atoms with Crippen molar-refractivity contribution in [2.75, 3.05) is 16.1 Å². The summed E-state index contributed by atoms with van der Waals surface area (Å²) >= 11 is 12.1. The summed E-state index contributed by atoms with van der Waals surface area (Å²) < 4.78 is 0. The molecule has 1 aliphatic rings. The Morgan fingerprint density at radius 1 is 0.871 bits per heavy atom. The maximum Gasteiger partial charge on any atom is 0.250 e. The highest BCUT2D eigenvalue weighted by Crippen LogP contribution is 2.22. The Balaban J connectivity index is 1.53. The van der Waals surface area contributed by atoms with Crippen molar-refractivity contribution in [1.82, 2.24) is 15.0 Å². The molecular formula is C22H23Cl2N7. The zero-order valence-corrected chi connectivity index (χ0v) is 18.4. The van der Waals surface area contributed by atoms with Crippen LogP contribution in [0, 0.1) is 0 Å². The predicted molar refractivity (Wildman–Crippen MR) is 128 cm³/mol. The molecule has 160 valence electrons. The molecule has 2 aromatic carbocycles. The van der Waals surface area contributed by atoms with Crippen LogP contribution >= 0.6 is 23.2 Å². The van der Waals surface area contributed by atoms with E-state index in [9.17, 15) is 0 Å². The molecule has 3 aromatic rings. The van der Waals surface area contributed by atoms with E-state index < -0.39 is 0 Å². The minimum absolute atomic E-state index is 0.327. The van der Waals surface area contributed by atoms with Gasteiger partial charge in [-0.25, -0.2) is 5.43 Å². The molecule has 1 aromatic heterocycles. The fourth-order valence-corrected chi connectivity index (χ4v) is 3.85. The van der Waals surface area contributed by atoms with Crippen molar-refractivity contribution < 1.29 is 0 Å². The molecule has 3 N–H and O–H groups in total. The van der Waals surface area contributed by atoms with Gasteiger partial charge in [-0.2, -0.15) is 20.1 Å². The second-order valence-electron chi connectivity index (χ2n) is 7.31. The lowest BCUT2D eigenvalue weighted by molar-refractivity contribution is 0.461. The van der Waals surface area contributed by atoms with E-state index in [2.05, 4.69) is 36.1 Å². The van der Waals surface area contributed by atoms with Crippen LogP contribution in [0.5, 0.6) is 0 Å². The summed E-state index contributed by atoms with van der Waals surface area (Å²) in [5, 5.41) is 12.0. The number of para-hydroxylation sites is 1. The molecule has 9 heteroatoms. The van der Waals surface area contributed by atoms with Crippen LogP contribution in [0.2, 0.25) is 10.0 Å². The van der Waals surface area contributed by atoms with Gasteiger partial charge in [-0.1, -0.05) is 66.7 Å². The summed E-state index contributed by atoms with van der Waals surface area (Å²) in [6.45, 7) is 0. The molecule has 0 bridgehead atoms. The minimum atomic E-state index is 0.327. The third-order valence-electron chi connectivity index (χ3n) is 4.93. The van der Waals surface area contributed by atoms with E-state index in [1.165, 1.54) is 19.3 Å². The van der Waals surface area contributed by atoms with Gasteiger partial charge in [-0.05, 0) is 37.1 Å². The standard InChI is InChI=1S/C22H23Cl2N7/c23-16-12-11-15(19(24)13-16)14-25-31-22-29-20(26-17-7-3-1-4-8-17)28-21(30-22)27-18-9-5-2-6-10-18/h1,3-4,7-8,11-14,18H,2,5-6,9-10H2,(H3,26,27,28,29,30,31)/b25-14+. The second-order valence-corrected chi connectivity index (χ2v) is 8.16. The number of hydrogen-bond donors (Lipinski definition) is 3. The monoisotopic (exact) mass is 455 g/mol. The Bertz CT molecular complexity index is 1040. The van der Waals surface area contributed by atoms with E-state index in [1.807, 2.05) is 30.3 Å². The molecule has 7 nitrogen and oxygen atoms in total. The molecule has 1 aliphatic carbocycles. The summed E-state index contributed by atoms with van der Waals surface area (Å²) in [5.41, 5.74) is 4.50. The van der Waals surface area contributed by atoms with Crippen LogP contribution < -0.4 is 16.1 Å². The lowest BCUT2D eigenvalue weighted by atomic mass is 9.96. The molecule has 31 heavy (non-hydrogen) atoms. The highest BCUT2D eigenvalue weighted by Gasteiger charge is 2.15. The lowest BCUT2D eigenvalue weighted by Crippen LogP contribution is -2.24. The van der Waals surface area contributed by atoms with Gasteiger partial charge in [-0.15, -0.1) is 0 Å². The molecule has 0 radical (unpaired) electrons. The molecule has 0 atom stereocenters. The van der Waals surface area contributed by atoms with Crippen LogP contribution in [0.3, 0.4) is 0 Å². The molecule has 1 heterocycles. The topological polar surface area (TPSA) is 87.1 Å². The maximum atomic E-state index is 6.20. The highest BCUT2D eigenvalue weighted by atomic mass is 35.5. The molecule has 0 amide bonds. The molecule has 0 saturated heterocycles. The van der Waals surface area contributed by atoms with Gasteiger partial charge in [0.1, 0.15) is 0 Å². The first-order valence-electron chi connectivity index (χ1n) is 10.2. The first-order valence-corrected chi connectivity index (χ1v) is 11.0. The first kappa shape index (κ1) is 21.3. The lowest BCUT2D eigenvalue weighted by Gasteiger charge is -2.22. The van der Waals surface area contributed by atoms with Crippen LogP contribution in [-0.2, 0) is 0 Å². The maximum absolute atomic E-state index is 6.20. The van der Waals surface area contributed by atoms with Crippen LogP contribution in [0.25, 0.3) is 0 Å². The summed E-state index contributed by atoms with van der Waals surface area (Å²) in [4.78, 5) is 13.5. The summed E-state index contributed by atoms with van der Waals surface area (Å²) in [6.07, 6.45) is 7.54. The van der Waals surface area contributed by atoms with Gasteiger partial charge in [0.15, 0.2) is 0 Å². The van der Waals surface area contributed by atoms with Gasteiger partial charge >= 0.3 is 0 Å². The molecule has 4 rings (SSSR count). The van der Waals surface area contributed by atoms with Crippen molar-refractivity contribution in [1.29, 1.82) is 0 Å². The first-order chi connectivity index (χ1) is 15.2. The fraction of sp³-hybridized carbons (Fsp3) is 0.273. The van der Waals surface area contributed by atoms with Crippen molar-refractivity contribution in [2.45, 2.75) is 38.1 Å². The Morgan fingerprint density at radius 2 is 1.61 bits per heavy atom. The number of nitrogens with one attached hydrogen (secondary N) is 3. The number of rotatable bonds is 7. The number of aromatic nitrogens is 3. The molecule has 1 fully saturated rings. The van der Waals surface area contributed by atoms with Gasteiger partial charge in [0, 0.05) is 22.3 Å². The second kappa shape index (κ2) is 10.4. The van der Waals surface area contributed by atoms with Gasteiger partial charge in [0.25, 0.3) is 0 Å². The zero-order chi connectivity index (χ0) is 21.5. The highest BCUT2D eigenvalue weighted by molar-refractivity contribution is 6.36. The summed E-state index contributed by atoms with van der Waals surface area (Å²) in [6, 6.07) is 15.3. The van der Waals surface area contributed by atoms with Crippen molar-refractivity contribution in [2.24, 2.45) is 5.10 Å². The zero-order valence-electron chi connectivity index (χ0n) is 16.9. The van der Waals surface area contributed by atoms with E-state index in [4.69, 9.17) is 23.2 Å². The number of nitrogens with zero attached hydrogens (tertiary/aromatic N) is 4. The van der Waals surface area contributed by atoms with Crippen LogP contribution in [0.15, 0.2) is 53.6 Å². The number of halogens is 2. The number of benzene rings is 2. The van der Waals surface area contributed by atoms with Gasteiger partial charge in [-0.3, -0.25) is 0 Å². The number of anilines is 4. The Labute approximate surface area is 191 Å². The van der Waals surface area contributed by atoms with E-state index >= 15 is 0 Å². The third-order valence-corrected chi connectivity index (χ3v) is 5.50. The molecular weight excluding hydrogens is 433 g/mol. The molecule has 1 saturated carbocycles. The number of hydrogen-bond acceptors (Lipinski definition) is 7. The average molecular weight is 456 g/mol. The van der Waals surface area contributed by atoms with Crippen molar-refractivity contribution in [3.63, 3.8) is 0 Å². The normalized spacial score (nSPS) is 14.5. The quantitative estimate of drug-likeness (QED) is 0.294. The third kappa shape index (κ3) is 6.29. The molecule has 0 spiro atoms. The van der Waals surface area contributed by atoms with E-state index in [-0.39, 0.29) is 0 Å². The predicted octanol–water partition coefficient (Wildman–Crippen LogP) is 6.11. The largest absolute Gasteiger partial charge is 0.351 e. The van der Waals surface area contributed by atoms with E-state index in [1.54, 1.807) is 24.4 Å². The van der Waals surface area contributed by atoms with Gasteiger partial charge < -0.3 is 10.6 Å². The average Bonchev–Trinajstić information content (AvgIpc) is 2.77. The Morgan fingerprint density at radius 3 is 2.39 bits per heavy atom. The summed E-state index contributed by atoms with van der Waals surface area (Å²) in [5.74, 6) is 1.28. The Hall–Kier alpha value is -2.90. The van der Waals surface area contributed by atoms with Crippen LogP contribution in [0.1, 0.15) is 37.7 Å². The molecule has 0 unspecified atom stereocenters. The SMILES string of the molecule is Clc1ccc(/C=N/Nc2nc(Nc3ccccc3)nc(NC3CCCCC3)n2)c(Cl)c1. The van der Waals surface area contributed by atoms with Crippen LogP contribution in [-0.4, -0.2) is 27.2 Å². The summed E-state index contributed by atoms with van der Waals surface area (Å²) in [7, 11) is 0. The minimum Gasteiger partial charge on any atom is -0.351 e. The number of hydrazone groups is 1. The fourth-order valence-electron chi connectivity index (χ4n) is 3.39. The van der Waals surface area contributed by atoms with Gasteiger partial charge in [0.05, 0.1) is 11.2 Å². The van der Waals surface area contributed by atoms with Crippen molar-refractivity contribution in [3.05, 3.63) is 64.1 Å². The van der Waals surface area contributed by atoms with Gasteiger partial charge in [0.2, 0.25) is 17.8 Å². The van der Waals surface area contributed by atoms with E-state index in [0.717, 1.165) is 24.1 Å². The van der Waals surface area contributed by atoms with Crippen LogP contribution in [0.4, 0.5) is 23.5 Å². The van der Waals surface area contributed by atoms with Crippen molar-refractivity contribution >= 4 is 52.9 Å². The van der Waals surface area contributed by atoms with E-state index in [0.29, 0.717) is 33.9 Å². The Kier molecular flexibility index (Phi) is 7.17. The molecule has 0 aliphatic heterocycles. The smallest absolute Gasteiger partial charge is 0.250 e.